The van der Waals surface area contributed by atoms with Crippen LogP contribution < -0.4 is 5.01 Å². The van der Waals surface area contributed by atoms with Crippen LogP contribution in [-0.2, 0) is 21.9 Å². The summed E-state index contributed by atoms with van der Waals surface area (Å²) < 4.78 is 27.0. The van der Waals surface area contributed by atoms with Gasteiger partial charge in [0.1, 0.15) is 5.92 Å². The lowest BCUT2D eigenvalue weighted by molar-refractivity contribution is -0.128. The molecule has 150 valence electrons. The maximum absolute atomic E-state index is 13.5. The van der Waals surface area contributed by atoms with E-state index in [0.29, 0.717) is 5.56 Å². The number of hydrogen-bond acceptors (Lipinski definition) is 4. The summed E-state index contributed by atoms with van der Waals surface area (Å²) in [4.78, 5) is 36.7. The van der Waals surface area contributed by atoms with Crippen molar-refractivity contribution in [2.75, 3.05) is 5.01 Å². The highest BCUT2D eigenvalue weighted by Gasteiger charge is 2.39. The first kappa shape index (κ1) is 20.3. The van der Waals surface area contributed by atoms with Gasteiger partial charge < -0.3 is 5.11 Å². The Morgan fingerprint density at radius 1 is 1.17 bits per heavy atom. The van der Waals surface area contributed by atoms with Crippen LogP contribution in [0.25, 0.3) is 0 Å². The van der Waals surface area contributed by atoms with Crippen molar-refractivity contribution in [3.8, 4) is 0 Å². The van der Waals surface area contributed by atoms with Crippen molar-refractivity contribution < 1.29 is 28.3 Å². The number of carbonyl (C=O) groups excluding carboxylic acids is 2. The summed E-state index contributed by atoms with van der Waals surface area (Å²) in [5, 5.41) is 14.2. The molecule has 0 aromatic heterocycles. The number of anilines is 1. The molecular formula is C21H18F2N2O4. The lowest BCUT2D eigenvalue weighted by Crippen LogP contribution is -2.33. The molecule has 8 heteroatoms. The Hall–Kier alpha value is -3.42. The predicted molar refractivity (Wildman–Crippen MR) is 102 cm³/mol. The number of Topliss-reactive ketones (excluding diaryl/α,β-unsaturated/α-hetero) is 1. The Labute approximate surface area is 165 Å². The lowest BCUT2D eigenvalue weighted by Gasteiger charge is -2.15. The summed E-state index contributed by atoms with van der Waals surface area (Å²) in [7, 11) is 0. The van der Waals surface area contributed by atoms with Gasteiger partial charge in [-0.15, -0.1) is 0 Å². The average molecular weight is 400 g/mol. The molecule has 1 N–H and O–H groups in total. The minimum atomic E-state index is -3.04. The van der Waals surface area contributed by atoms with Crippen molar-refractivity contribution in [1.82, 2.24) is 0 Å². The molecular weight excluding hydrogens is 382 g/mol. The molecule has 29 heavy (non-hydrogen) atoms. The quantitative estimate of drug-likeness (QED) is 0.750. The number of aromatic carboxylic acids is 1. The molecule has 2 aromatic carbocycles. The summed E-state index contributed by atoms with van der Waals surface area (Å²) >= 11 is 0. The minimum absolute atomic E-state index is 0.0183. The van der Waals surface area contributed by atoms with Crippen molar-refractivity contribution in [3.05, 3.63) is 65.2 Å². The number of ketones is 1. The molecule has 1 atom stereocenters. The molecule has 1 aliphatic heterocycles. The van der Waals surface area contributed by atoms with Gasteiger partial charge in [0, 0.05) is 18.9 Å². The molecule has 6 nitrogen and oxygen atoms in total. The lowest BCUT2D eigenvalue weighted by atomic mass is 9.93. The summed E-state index contributed by atoms with van der Waals surface area (Å²) in [6.07, 6.45) is -0.198. The maximum atomic E-state index is 13.5. The molecule has 0 aliphatic carbocycles. The van der Waals surface area contributed by atoms with E-state index in [4.69, 9.17) is 5.11 Å². The van der Waals surface area contributed by atoms with E-state index in [1.165, 1.54) is 49.4 Å². The van der Waals surface area contributed by atoms with Gasteiger partial charge in [-0.25, -0.2) is 13.6 Å². The fourth-order valence-electron chi connectivity index (χ4n) is 3.15. The Balaban J connectivity index is 1.81. The van der Waals surface area contributed by atoms with Gasteiger partial charge in [0.25, 0.3) is 11.8 Å². The number of halogens is 2. The number of alkyl halides is 2. The van der Waals surface area contributed by atoms with E-state index in [1.807, 2.05) is 0 Å². The Kier molecular flexibility index (Phi) is 5.28. The van der Waals surface area contributed by atoms with E-state index in [0.717, 1.165) is 11.9 Å². The van der Waals surface area contributed by atoms with Gasteiger partial charge in [0.05, 0.1) is 17.0 Å². The van der Waals surface area contributed by atoms with E-state index in [-0.39, 0.29) is 28.9 Å². The van der Waals surface area contributed by atoms with Crippen LogP contribution in [-0.4, -0.2) is 28.5 Å². The summed E-state index contributed by atoms with van der Waals surface area (Å²) in [5.74, 6) is -6.41. The van der Waals surface area contributed by atoms with E-state index >= 15 is 0 Å². The highest BCUT2D eigenvalue weighted by atomic mass is 19.3. The van der Waals surface area contributed by atoms with Gasteiger partial charge in [-0.05, 0) is 36.8 Å². The standard InChI is InChI=1S/C21H18F2N2O4/c1-12-18(17(26)10-13-5-3-7-15(9-13)21(2,22)23)19(27)25(24-12)16-8-4-6-14(11-16)20(28)29/h3-9,11,18H,10H2,1-2H3,(H,28,29). The fourth-order valence-corrected chi connectivity index (χ4v) is 3.15. The van der Waals surface area contributed by atoms with Gasteiger partial charge in [-0.1, -0.05) is 24.3 Å². The Morgan fingerprint density at radius 3 is 2.52 bits per heavy atom. The van der Waals surface area contributed by atoms with Crippen LogP contribution >= 0.6 is 0 Å². The smallest absolute Gasteiger partial charge is 0.335 e. The number of amides is 1. The first-order valence-electron chi connectivity index (χ1n) is 8.80. The highest BCUT2D eigenvalue weighted by molar-refractivity contribution is 6.27. The molecule has 0 saturated carbocycles. The molecule has 0 fully saturated rings. The Bertz CT molecular complexity index is 1030. The van der Waals surface area contributed by atoms with Crippen LogP contribution in [0, 0.1) is 5.92 Å². The molecule has 1 amide bonds. The van der Waals surface area contributed by atoms with Crippen LogP contribution in [0.2, 0.25) is 0 Å². The van der Waals surface area contributed by atoms with Crippen molar-refractivity contribution in [3.63, 3.8) is 0 Å². The fraction of sp³-hybridized carbons (Fsp3) is 0.238. The SMILES string of the molecule is CC1=NN(c2cccc(C(=O)O)c2)C(=O)C1C(=O)Cc1cccc(C(C)(F)F)c1. The maximum Gasteiger partial charge on any atom is 0.335 e. The molecule has 2 aromatic rings. The minimum Gasteiger partial charge on any atom is -0.478 e. The van der Waals surface area contributed by atoms with E-state index in [1.54, 1.807) is 6.07 Å². The summed E-state index contributed by atoms with van der Waals surface area (Å²) in [6.45, 7) is 2.30. The van der Waals surface area contributed by atoms with Gasteiger partial charge >= 0.3 is 5.97 Å². The van der Waals surface area contributed by atoms with Crippen molar-refractivity contribution in [2.24, 2.45) is 11.0 Å². The van der Waals surface area contributed by atoms with E-state index in [9.17, 15) is 23.2 Å². The number of hydrazone groups is 1. The third kappa shape index (κ3) is 4.21. The molecule has 1 aliphatic rings. The third-order valence-electron chi connectivity index (χ3n) is 4.60. The molecule has 1 heterocycles. The average Bonchev–Trinajstić information content (AvgIpc) is 2.95. The summed E-state index contributed by atoms with van der Waals surface area (Å²) in [5.41, 5.74) is 0.643. The van der Waals surface area contributed by atoms with Crippen molar-refractivity contribution >= 4 is 29.1 Å². The second kappa shape index (κ2) is 7.54. The number of carboxylic acids is 1. The van der Waals surface area contributed by atoms with E-state index in [2.05, 4.69) is 5.10 Å². The zero-order valence-electron chi connectivity index (χ0n) is 15.7. The van der Waals surface area contributed by atoms with Crippen LogP contribution in [0.3, 0.4) is 0 Å². The second-order valence-electron chi connectivity index (χ2n) is 6.91. The zero-order chi connectivity index (χ0) is 21.3. The number of carboxylic acid groups (broad SMARTS) is 1. The summed E-state index contributed by atoms with van der Waals surface area (Å²) in [6, 6.07) is 11.2. The van der Waals surface area contributed by atoms with Crippen LogP contribution in [0.4, 0.5) is 14.5 Å². The number of rotatable bonds is 6. The molecule has 1 unspecified atom stereocenters. The number of benzene rings is 2. The predicted octanol–water partition coefficient (Wildman–Crippen LogP) is 3.65. The molecule has 3 rings (SSSR count). The molecule has 0 radical (unpaired) electrons. The van der Waals surface area contributed by atoms with E-state index < -0.39 is 29.5 Å². The normalized spacial score (nSPS) is 16.7. The third-order valence-corrected chi connectivity index (χ3v) is 4.60. The molecule has 0 bridgehead atoms. The second-order valence-corrected chi connectivity index (χ2v) is 6.91. The van der Waals surface area contributed by atoms with Crippen LogP contribution in [0.15, 0.2) is 53.6 Å². The van der Waals surface area contributed by atoms with Gasteiger partial charge in [-0.3, -0.25) is 9.59 Å². The van der Waals surface area contributed by atoms with Gasteiger partial charge in [0.2, 0.25) is 0 Å². The number of hydrogen-bond donors (Lipinski definition) is 1. The Morgan fingerprint density at radius 2 is 1.86 bits per heavy atom. The highest BCUT2D eigenvalue weighted by Crippen LogP contribution is 2.29. The molecule has 0 spiro atoms. The number of carbonyl (C=O) groups is 3. The number of nitrogens with zero attached hydrogens (tertiary/aromatic N) is 2. The monoisotopic (exact) mass is 400 g/mol. The molecule has 0 saturated heterocycles. The first-order chi connectivity index (χ1) is 13.6. The topological polar surface area (TPSA) is 87.0 Å². The van der Waals surface area contributed by atoms with Crippen LogP contribution in [0.5, 0.6) is 0 Å². The van der Waals surface area contributed by atoms with Crippen molar-refractivity contribution in [1.29, 1.82) is 0 Å². The zero-order valence-corrected chi connectivity index (χ0v) is 15.7. The van der Waals surface area contributed by atoms with Gasteiger partial charge in [0.15, 0.2) is 5.78 Å². The van der Waals surface area contributed by atoms with Crippen LogP contribution in [0.1, 0.15) is 35.3 Å². The first-order valence-corrected chi connectivity index (χ1v) is 8.80. The van der Waals surface area contributed by atoms with Crippen molar-refractivity contribution in [2.45, 2.75) is 26.2 Å². The largest absolute Gasteiger partial charge is 0.478 e. The van der Waals surface area contributed by atoms with Gasteiger partial charge in [-0.2, -0.15) is 10.1 Å².